The second kappa shape index (κ2) is 8.74. The summed E-state index contributed by atoms with van der Waals surface area (Å²) in [6.45, 7) is 4.74. The molecule has 138 valence electrons. The number of rotatable bonds is 8. The van der Waals surface area contributed by atoms with Crippen molar-refractivity contribution in [3.8, 4) is 6.07 Å². The van der Waals surface area contributed by atoms with Crippen LogP contribution in [0.3, 0.4) is 0 Å². The average molecular weight is 375 g/mol. The molecule has 1 N–H and O–H groups in total. The summed E-state index contributed by atoms with van der Waals surface area (Å²) in [5.74, 6) is -1.25. The molecule has 0 saturated carbocycles. The minimum atomic E-state index is -1.01. The minimum absolute atomic E-state index is 0.0794. The molecule has 2 aromatic rings. The zero-order chi connectivity index (χ0) is 19.2. The maximum atomic E-state index is 11.8. The lowest BCUT2D eigenvalue weighted by molar-refractivity contribution is -0.153. The van der Waals surface area contributed by atoms with Crippen molar-refractivity contribution in [2.75, 3.05) is 13.2 Å². The number of nitrogens with one attached hydrogen (secondary N) is 1. The molecule has 1 amide bonds. The Labute approximate surface area is 155 Å². The van der Waals surface area contributed by atoms with Crippen molar-refractivity contribution < 1.29 is 19.1 Å². The second-order valence-corrected chi connectivity index (χ2v) is 7.36. The quantitative estimate of drug-likeness (QED) is 0.711. The molecule has 1 atom stereocenters. The number of thiazole rings is 1. The number of carbonyl (C=O) groups excluding carboxylic acids is 2. The molecule has 0 bridgehead atoms. The second-order valence-electron chi connectivity index (χ2n) is 6.25. The Bertz CT molecular complexity index is 794. The Kier molecular flexibility index (Phi) is 6.66. The number of fused-ring (bicyclic) bond motifs is 1. The molecule has 0 saturated heterocycles. The molecule has 0 aliphatic rings. The monoisotopic (exact) mass is 375 g/mol. The number of carbonyl (C=O) groups is 2. The Morgan fingerprint density at radius 2 is 2.08 bits per heavy atom. The van der Waals surface area contributed by atoms with E-state index in [1.54, 1.807) is 6.92 Å². The van der Waals surface area contributed by atoms with Gasteiger partial charge in [0.15, 0.2) is 6.61 Å². The predicted molar refractivity (Wildman–Crippen MR) is 97.2 cm³/mol. The van der Waals surface area contributed by atoms with E-state index < -0.39 is 24.0 Å². The van der Waals surface area contributed by atoms with E-state index in [9.17, 15) is 9.59 Å². The molecule has 7 nitrogen and oxygen atoms in total. The fourth-order valence-electron chi connectivity index (χ4n) is 2.02. The number of amides is 1. The summed E-state index contributed by atoms with van der Waals surface area (Å²) < 4.78 is 11.2. The summed E-state index contributed by atoms with van der Waals surface area (Å²) in [4.78, 5) is 27.9. The molecule has 0 radical (unpaired) electrons. The van der Waals surface area contributed by atoms with Gasteiger partial charge in [0.25, 0.3) is 5.91 Å². The van der Waals surface area contributed by atoms with Gasteiger partial charge in [-0.05, 0) is 25.0 Å². The van der Waals surface area contributed by atoms with E-state index in [0.717, 1.165) is 15.2 Å². The Morgan fingerprint density at radius 3 is 2.73 bits per heavy atom. The van der Waals surface area contributed by atoms with E-state index >= 15 is 0 Å². The van der Waals surface area contributed by atoms with E-state index in [0.29, 0.717) is 0 Å². The van der Waals surface area contributed by atoms with Gasteiger partial charge >= 0.3 is 5.97 Å². The van der Waals surface area contributed by atoms with Crippen LogP contribution in [0.5, 0.6) is 0 Å². The summed E-state index contributed by atoms with van der Waals surface area (Å²) in [7, 11) is 0. The molecule has 0 aliphatic heterocycles. The van der Waals surface area contributed by atoms with Crippen LogP contribution in [0, 0.1) is 17.2 Å². The van der Waals surface area contributed by atoms with E-state index in [-0.39, 0.29) is 19.1 Å². The third-order valence-corrected chi connectivity index (χ3v) is 4.94. The first kappa shape index (κ1) is 19.8. The molecule has 26 heavy (non-hydrogen) atoms. The van der Waals surface area contributed by atoms with Crippen LogP contribution in [0.15, 0.2) is 24.3 Å². The summed E-state index contributed by atoms with van der Waals surface area (Å²) in [5.41, 5.74) is -0.117. The number of ether oxygens (including phenoxy) is 2. The van der Waals surface area contributed by atoms with Crippen molar-refractivity contribution in [1.29, 1.82) is 5.26 Å². The number of nitriles is 1. The van der Waals surface area contributed by atoms with Gasteiger partial charge in [-0.2, -0.15) is 5.26 Å². The fourth-order valence-corrected chi connectivity index (χ4v) is 2.92. The molecule has 0 fully saturated rings. The number of esters is 1. The third-order valence-electron chi connectivity index (χ3n) is 3.93. The highest BCUT2D eigenvalue weighted by Crippen LogP contribution is 2.21. The molecule has 8 heteroatoms. The molecule has 0 spiro atoms. The number of para-hydroxylation sites is 1. The molecule has 2 rings (SSSR count). The molecule has 1 aromatic carbocycles. The number of benzene rings is 1. The first-order chi connectivity index (χ1) is 12.3. The minimum Gasteiger partial charge on any atom is -0.454 e. The highest BCUT2D eigenvalue weighted by Gasteiger charge is 2.30. The molecule has 0 aliphatic carbocycles. The lowest BCUT2D eigenvalue weighted by Gasteiger charge is -2.27. The summed E-state index contributed by atoms with van der Waals surface area (Å²) in [5, 5.41) is 12.5. The molecule has 1 aromatic heterocycles. The van der Waals surface area contributed by atoms with E-state index in [4.69, 9.17) is 14.7 Å². The van der Waals surface area contributed by atoms with Gasteiger partial charge in [-0.25, -0.2) is 9.78 Å². The number of nitrogens with zero attached hydrogens (tertiary/aromatic N) is 2. The van der Waals surface area contributed by atoms with Crippen molar-refractivity contribution in [3.05, 3.63) is 29.3 Å². The van der Waals surface area contributed by atoms with Gasteiger partial charge in [0.2, 0.25) is 0 Å². The Balaban J connectivity index is 1.72. The average Bonchev–Trinajstić information content (AvgIpc) is 3.02. The van der Waals surface area contributed by atoms with Gasteiger partial charge in [-0.3, -0.25) is 4.79 Å². The van der Waals surface area contributed by atoms with Crippen molar-refractivity contribution in [2.24, 2.45) is 5.92 Å². The van der Waals surface area contributed by atoms with Gasteiger partial charge < -0.3 is 14.8 Å². The van der Waals surface area contributed by atoms with Crippen molar-refractivity contribution >= 4 is 33.4 Å². The SMILES string of the molecule is CC(C)[C@](C)(C#N)NC(=O)COC(=O)COCc1nc2ccccc2s1. The first-order valence-electron chi connectivity index (χ1n) is 8.14. The molecule has 0 unspecified atom stereocenters. The maximum Gasteiger partial charge on any atom is 0.332 e. The molecular weight excluding hydrogens is 354 g/mol. The smallest absolute Gasteiger partial charge is 0.332 e. The highest BCUT2D eigenvalue weighted by molar-refractivity contribution is 7.18. The van der Waals surface area contributed by atoms with Crippen molar-refractivity contribution in [3.63, 3.8) is 0 Å². The standard InChI is InChI=1S/C18H21N3O4S/c1-12(2)18(3,11-19)21-15(22)8-25-17(23)10-24-9-16-20-13-6-4-5-7-14(13)26-16/h4-7,12H,8-10H2,1-3H3,(H,21,22)/t18-/m0/s1. The van der Waals surface area contributed by atoms with Crippen LogP contribution in [0.2, 0.25) is 0 Å². The van der Waals surface area contributed by atoms with E-state index in [1.807, 2.05) is 38.1 Å². The van der Waals surface area contributed by atoms with Crippen LogP contribution < -0.4 is 5.32 Å². The van der Waals surface area contributed by atoms with Gasteiger partial charge in [0, 0.05) is 0 Å². The number of hydrogen-bond acceptors (Lipinski definition) is 7. The molecular formula is C18H21N3O4S. The Morgan fingerprint density at radius 1 is 1.35 bits per heavy atom. The largest absolute Gasteiger partial charge is 0.454 e. The lowest BCUT2D eigenvalue weighted by Crippen LogP contribution is -2.50. The number of aromatic nitrogens is 1. The van der Waals surface area contributed by atoms with Crippen LogP contribution in [0.4, 0.5) is 0 Å². The Hall–Kier alpha value is -2.50. The van der Waals surface area contributed by atoms with E-state index in [2.05, 4.69) is 16.4 Å². The van der Waals surface area contributed by atoms with Crippen LogP contribution in [-0.2, 0) is 25.7 Å². The van der Waals surface area contributed by atoms with Crippen LogP contribution in [0.25, 0.3) is 10.2 Å². The molecule has 1 heterocycles. The maximum absolute atomic E-state index is 11.8. The third kappa shape index (κ3) is 5.25. The van der Waals surface area contributed by atoms with Gasteiger partial charge in [-0.15, -0.1) is 11.3 Å². The first-order valence-corrected chi connectivity index (χ1v) is 8.96. The number of hydrogen-bond donors (Lipinski definition) is 1. The van der Waals surface area contributed by atoms with Crippen LogP contribution >= 0.6 is 11.3 Å². The fraction of sp³-hybridized carbons (Fsp3) is 0.444. The van der Waals surface area contributed by atoms with Gasteiger partial charge in [0.05, 0.1) is 22.9 Å². The topological polar surface area (TPSA) is 101 Å². The van der Waals surface area contributed by atoms with Crippen molar-refractivity contribution in [2.45, 2.75) is 32.9 Å². The summed E-state index contributed by atoms with van der Waals surface area (Å²) >= 11 is 1.50. The summed E-state index contributed by atoms with van der Waals surface area (Å²) in [6.07, 6.45) is 0. The zero-order valence-corrected chi connectivity index (χ0v) is 15.8. The zero-order valence-electron chi connectivity index (χ0n) is 14.9. The predicted octanol–water partition coefficient (Wildman–Crippen LogP) is 2.41. The van der Waals surface area contributed by atoms with Crippen LogP contribution in [-0.4, -0.2) is 35.6 Å². The summed E-state index contributed by atoms with van der Waals surface area (Å²) in [6, 6.07) is 9.78. The highest BCUT2D eigenvalue weighted by atomic mass is 32.1. The lowest BCUT2D eigenvalue weighted by atomic mass is 9.90. The van der Waals surface area contributed by atoms with E-state index in [1.165, 1.54) is 11.3 Å². The normalized spacial score (nSPS) is 13.2. The van der Waals surface area contributed by atoms with Gasteiger partial charge in [0.1, 0.15) is 17.2 Å². The van der Waals surface area contributed by atoms with Crippen molar-refractivity contribution in [1.82, 2.24) is 10.3 Å². The van der Waals surface area contributed by atoms with Crippen LogP contribution in [0.1, 0.15) is 25.8 Å². The van der Waals surface area contributed by atoms with Gasteiger partial charge in [-0.1, -0.05) is 26.0 Å².